The predicted molar refractivity (Wildman–Crippen MR) is 149 cm³/mol. The van der Waals surface area contributed by atoms with Gasteiger partial charge in [-0.3, -0.25) is 24.8 Å². The first-order chi connectivity index (χ1) is 19.1. The third kappa shape index (κ3) is 5.39. The molecule has 1 aromatic carbocycles. The van der Waals surface area contributed by atoms with Crippen molar-refractivity contribution in [1.29, 1.82) is 0 Å². The van der Waals surface area contributed by atoms with E-state index < -0.39 is 23.3 Å². The summed E-state index contributed by atoms with van der Waals surface area (Å²) in [5.74, 6) is -0.129. The average molecular weight is 548 g/mol. The van der Waals surface area contributed by atoms with E-state index in [1.165, 1.54) is 4.90 Å². The van der Waals surface area contributed by atoms with Gasteiger partial charge in [0.05, 0.1) is 24.0 Å². The summed E-state index contributed by atoms with van der Waals surface area (Å²) in [6, 6.07) is 10.6. The lowest BCUT2D eigenvalue weighted by Gasteiger charge is -2.41. The van der Waals surface area contributed by atoms with Gasteiger partial charge >= 0.3 is 6.09 Å². The van der Waals surface area contributed by atoms with E-state index in [0.29, 0.717) is 25.7 Å². The largest absolute Gasteiger partial charge is 0.487 e. The molecule has 40 heavy (non-hydrogen) atoms. The summed E-state index contributed by atoms with van der Waals surface area (Å²) in [6.07, 6.45) is 4.56. The molecule has 1 aromatic heterocycles. The Morgan fingerprint density at radius 2 is 1.93 bits per heavy atom. The second-order valence-corrected chi connectivity index (χ2v) is 11.6. The van der Waals surface area contributed by atoms with E-state index in [1.807, 2.05) is 58.0 Å². The minimum absolute atomic E-state index is 0.00691. The highest BCUT2D eigenvalue weighted by atomic mass is 16.5. The molecule has 3 aliphatic rings. The molecule has 2 aromatic rings. The van der Waals surface area contributed by atoms with Crippen molar-refractivity contribution in [2.24, 2.45) is 16.8 Å². The Balaban J connectivity index is 1.44. The number of carbonyl (C=O) groups is 3. The molecule has 1 saturated carbocycles. The molecule has 1 unspecified atom stereocenters. The van der Waals surface area contributed by atoms with Crippen molar-refractivity contribution < 1.29 is 24.2 Å². The zero-order valence-corrected chi connectivity index (χ0v) is 23.4. The maximum Gasteiger partial charge on any atom is 0.411 e. The van der Waals surface area contributed by atoms with Crippen LogP contribution in [0.4, 0.5) is 4.79 Å². The molecule has 0 spiro atoms. The van der Waals surface area contributed by atoms with Crippen LogP contribution < -0.4 is 15.4 Å². The maximum atomic E-state index is 13.7. The topological polar surface area (TPSA) is 133 Å². The molecular formula is C30H37N5O5. The smallest absolute Gasteiger partial charge is 0.411 e. The van der Waals surface area contributed by atoms with Crippen LogP contribution in [0.5, 0.6) is 5.75 Å². The fourth-order valence-corrected chi connectivity index (χ4v) is 6.15. The fraction of sp³-hybridized carbons (Fsp3) is 0.500. The van der Waals surface area contributed by atoms with Gasteiger partial charge in [-0.2, -0.15) is 0 Å². The second-order valence-electron chi connectivity index (χ2n) is 11.6. The SMILES string of the molecule is CCC1(CC)CC(=O)N(C(c2cccnc2)[C@H]2C[C@@H]2C(=O)N[C@H]2CC(C)(C)Oc3ccccc32)C(NC(=O)O)=N1. The Morgan fingerprint density at radius 3 is 2.60 bits per heavy atom. The molecule has 3 heterocycles. The number of ether oxygens (including phenoxy) is 1. The number of guanidine groups is 1. The molecule has 2 aliphatic heterocycles. The number of nitrogens with one attached hydrogen (secondary N) is 2. The van der Waals surface area contributed by atoms with Crippen molar-refractivity contribution in [3.8, 4) is 5.75 Å². The number of carbonyl (C=O) groups excluding carboxylic acids is 2. The van der Waals surface area contributed by atoms with Crippen LogP contribution in [0.15, 0.2) is 53.8 Å². The molecule has 1 fully saturated rings. The summed E-state index contributed by atoms with van der Waals surface area (Å²) in [4.78, 5) is 49.7. The van der Waals surface area contributed by atoms with Crippen LogP contribution in [-0.4, -0.2) is 50.0 Å². The van der Waals surface area contributed by atoms with Crippen molar-refractivity contribution in [1.82, 2.24) is 20.5 Å². The van der Waals surface area contributed by atoms with Gasteiger partial charge in [-0.15, -0.1) is 0 Å². The number of fused-ring (bicyclic) bond motifs is 1. The molecule has 0 radical (unpaired) electrons. The summed E-state index contributed by atoms with van der Waals surface area (Å²) in [6.45, 7) is 7.91. The standard InChI is InChI=1S/C30H37N5O5/c1-5-30(6-2)16-24(36)35(27(34-30)33-28(38)39)25(18-10-9-13-31-17-18)20-14-21(20)26(37)32-22-15-29(3,4)40-23-12-8-7-11-19(22)23/h7-13,17,20-22,25H,5-6,14-16H2,1-4H3,(H,32,37)(H,33,34)(H,38,39)/t20-,21-,22-,25?/m0/s1. The third-order valence-electron chi connectivity index (χ3n) is 8.43. The van der Waals surface area contributed by atoms with Crippen LogP contribution in [-0.2, 0) is 9.59 Å². The Morgan fingerprint density at radius 1 is 1.18 bits per heavy atom. The molecule has 0 bridgehead atoms. The lowest BCUT2D eigenvalue weighted by Crippen LogP contribution is -2.55. The molecule has 10 heteroatoms. The number of hydrogen-bond donors (Lipinski definition) is 3. The molecular weight excluding hydrogens is 510 g/mol. The van der Waals surface area contributed by atoms with E-state index in [-0.39, 0.29) is 42.1 Å². The number of rotatable bonds is 7. The van der Waals surface area contributed by atoms with E-state index in [1.54, 1.807) is 18.5 Å². The number of carboxylic acid groups (broad SMARTS) is 1. The molecule has 4 atom stereocenters. The first-order valence-corrected chi connectivity index (χ1v) is 14.0. The molecule has 5 rings (SSSR count). The molecule has 10 nitrogen and oxygen atoms in total. The van der Waals surface area contributed by atoms with Crippen LogP contribution >= 0.6 is 0 Å². The van der Waals surface area contributed by atoms with Gasteiger partial charge in [0.15, 0.2) is 0 Å². The number of nitrogens with zero attached hydrogens (tertiary/aromatic N) is 3. The number of benzene rings is 1. The number of pyridine rings is 1. The molecule has 3 amide bonds. The maximum absolute atomic E-state index is 13.7. The van der Waals surface area contributed by atoms with Crippen LogP contribution in [0.2, 0.25) is 0 Å². The van der Waals surface area contributed by atoms with Gasteiger partial charge in [-0.1, -0.05) is 38.1 Å². The lowest BCUT2D eigenvalue weighted by atomic mass is 9.87. The van der Waals surface area contributed by atoms with E-state index >= 15 is 0 Å². The van der Waals surface area contributed by atoms with Gasteiger partial charge in [-0.25, -0.2) is 9.79 Å². The quantitative estimate of drug-likeness (QED) is 0.464. The van der Waals surface area contributed by atoms with Gasteiger partial charge in [0.25, 0.3) is 0 Å². The average Bonchev–Trinajstić information content (AvgIpc) is 3.70. The number of aliphatic imine (C=N–C) groups is 1. The van der Waals surface area contributed by atoms with Crippen LogP contribution in [0.1, 0.15) is 83.0 Å². The minimum atomic E-state index is -1.30. The third-order valence-corrected chi connectivity index (χ3v) is 8.43. The van der Waals surface area contributed by atoms with Crippen LogP contribution in [0, 0.1) is 11.8 Å². The van der Waals surface area contributed by atoms with Gasteiger partial charge in [0.1, 0.15) is 11.4 Å². The van der Waals surface area contributed by atoms with Gasteiger partial charge in [-0.05, 0) is 56.7 Å². The van der Waals surface area contributed by atoms with Gasteiger partial charge in [0, 0.05) is 30.3 Å². The molecule has 1 aliphatic carbocycles. The van der Waals surface area contributed by atoms with E-state index in [2.05, 4.69) is 15.6 Å². The summed E-state index contributed by atoms with van der Waals surface area (Å²) in [5, 5.41) is 15.2. The lowest BCUT2D eigenvalue weighted by molar-refractivity contribution is -0.133. The number of amides is 3. The first-order valence-electron chi connectivity index (χ1n) is 14.0. The highest BCUT2D eigenvalue weighted by molar-refractivity contribution is 6.05. The van der Waals surface area contributed by atoms with Crippen molar-refractivity contribution in [3.05, 3.63) is 59.9 Å². The minimum Gasteiger partial charge on any atom is -0.487 e. The summed E-state index contributed by atoms with van der Waals surface area (Å²) in [5.41, 5.74) is 0.563. The second kappa shape index (κ2) is 10.6. The molecule has 3 N–H and O–H groups in total. The fourth-order valence-electron chi connectivity index (χ4n) is 6.15. The summed E-state index contributed by atoms with van der Waals surface area (Å²) < 4.78 is 6.12. The van der Waals surface area contributed by atoms with Crippen molar-refractivity contribution in [2.45, 2.75) is 83.0 Å². The number of para-hydroxylation sites is 1. The van der Waals surface area contributed by atoms with Crippen molar-refractivity contribution in [2.75, 3.05) is 0 Å². The van der Waals surface area contributed by atoms with Crippen LogP contribution in [0.25, 0.3) is 0 Å². The molecule has 0 saturated heterocycles. The van der Waals surface area contributed by atoms with Crippen molar-refractivity contribution >= 4 is 23.9 Å². The Kier molecular flexibility index (Phi) is 7.29. The highest BCUT2D eigenvalue weighted by Gasteiger charge is 2.54. The number of aromatic nitrogens is 1. The van der Waals surface area contributed by atoms with Crippen LogP contribution in [0.3, 0.4) is 0 Å². The monoisotopic (exact) mass is 547 g/mol. The zero-order chi connectivity index (χ0) is 28.7. The summed E-state index contributed by atoms with van der Waals surface area (Å²) in [7, 11) is 0. The van der Waals surface area contributed by atoms with Gasteiger partial charge < -0.3 is 15.2 Å². The van der Waals surface area contributed by atoms with Crippen molar-refractivity contribution in [3.63, 3.8) is 0 Å². The predicted octanol–water partition coefficient (Wildman–Crippen LogP) is 4.59. The summed E-state index contributed by atoms with van der Waals surface area (Å²) >= 11 is 0. The number of hydrogen-bond acceptors (Lipinski definition) is 6. The van der Waals surface area contributed by atoms with E-state index in [0.717, 1.165) is 16.9 Å². The Bertz CT molecular complexity index is 1320. The zero-order valence-electron chi connectivity index (χ0n) is 23.4. The first kappa shape index (κ1) is 27.6. The van der Waals surface area contributed by atoms with E-state index in [9.17, 15) is 19.5 Å². The Labute approximate surface area is 234 Å². The van der Waals surface area contributed by atoms with Gasteiger partial charge in [0.2, 0.25) is 17.8 Å². The highest BCUT2D eigenvalue weighted by Crippen LogP contribution is 2.52. The molecule has 212 valence electrons. The van der Waals surface area contributed by atoms with E-state index in [4.69, 9.17) is 9.73 Å². The Hall–Kier alpha value is -3.95. The normalized spacial score (nSPS) is 25.1.